The van der Waals surface area contributed by atoms with Gasteiger partial charge in [0.25, 0.3) is 0 Å². The standard InChI is InChI=1S/C14H15NO2.C13H13NO2.C12H9BrO2/c1-15(2)11-5-6-12-10(8-11)4-7-14(17-3)13(12)9-16;1-14(2)10-4-5-11-9(7-10)3-6-13(16)12(11)8-15;1-15-12-5-2-8-6-9(13)3-4-10(8)11(12)7-14/h4-9H,1-3H3;3-8,16H,1-2H3;2-7H,1H3. The average molecular weight is 710 g/mol. The van der Waals surface area contributed by atoms with Gasteiger partial charge < -0.3 is 24.4 Å². The number of ether oxygens (including phenoxy) is 2. The second-order valence-electron chi connectivity index (χ2n) is 11.2. The van der Waals surface area contributed by atoms with Crippen molar-refractivity contribution in [3.8, 4) is 17.2 Å². The number of carbonyl (C=O) groups excluding carboxylic acids is 3. The van der Waals surface area contributed by atoms with Crippen LogP contribution in [0.1, 0.15) is 31.1 Å². The van der Waals surface area contributed by atoms with Crippen LogP contribution in [0.5, 0.6) is 17.2 Å². The third-order valence-electron chi connectivity index (χ3n) is 7.84. The molecule has 0 aromatic heterocycles. The molecule has 9 heteroatoms. The van der Waals surface area contributed by atoms with Gasteiger partial charge >= 0.3 is 0 Å². The van der Waals surface area contributed by atoms with Crippen LogP contribution >= 0.6 is 15.9 Å². The number of nitrogens with zero attached hydrogens (tertiary/aromatic N) is 2. The third kappa shape index (κ3) is 7.75. The fraction of sp³-hybridized carbons (Fsp3) is 0.154. The molecule has 1 N–H and O–H groups in total. The molecule has 6 aromatic rings. The first-order valence-corrected chi connectivity index (χ1v) is 15.7. The number of fused-ring (bicyclic) bond motifs is 3. The number of benzene rings is 6. The summed E-state index contributed by atoms with van der Waals surface area (Å²) >= 11 is 3.39. The monoisotopic (exact) mass is 708 g/mol. The van der Waals surface area contributed by atoms with Crippen LogP contribution < -0.4 is 19.3 Å². The van der Waals surface area contributed by atoms with E-state index < -0.39 is 0 Å². The fourth-order valence-corrected chi connectivity index (χ4v) is 5.61. The third-order valence-corrected chi connectivity index (χ3v) is 8.33. The highest BCUT2D eigenvalue weighted by Crippen LogP contribution is 2.31. The van der Waals surface area contributed by atoms with Crippen LogP contribution in [0.15, 0.2) is 95.5 Å². The molecule has 0 saturated heterocycles. The zero-order valence-corrected chi connectivity index (χ0v) is 29.2. The van der Waals surface area contributed by atoms with Crippen LogP contribution in [0.3, 0.4) is 0 Å². The first kappa shape index (κ1) is 35.4. The maximum Gasteiger partial charge on any atom is 0.154 e. The van der Waals surface area contributed by atoms with E-state index in [2.05, 4.69) is 22.0 Å². The predicted molar refractivity (Wildman–Crippen MR) is 199 cm³/mol. The minimum absolute atomic E-state index is 0.0279. The number of carbonyl (C=O) groups is 3. The molecule has 0 bridgehead atoms. The van der Waals surface area contributed by atoms with Crippen LogP contribution in [0.25, 0.3) is 32.3 Å². The van der Waals surface area contributed by atoms with Gasteiger partial charge in [-0.05, 0) is 86.9 Å². The molecule has 0 saturated carbocycles. The molecule has 246 valence electrons. The van der Waals surface area contributed by atoms with Gasteiger partial charge in [0.15, 0.2) is 18.9 Å². The second kappa shape index (κ2) is 15.9. The lowest BCUT2D eigenvalue weighted by Gasteiger charge is -2.14. The molecule has 0 aliphatic heterocycles. The lowest BCUT2D eigenvalue weighted by molar-refractivity contribution is 0.111. The van der Waals surface area contributed by atoms with Gasteiger partial charge in [-0.2, -0.15) is 0 Å². The van der Waals surface area contributed by atoms with Gasteiger partial charge in [-0.3, -0.25) is 14.4 Å². The van der Waals surface area contributed by atoms with E-state index >= 15 is 0 Å². The van der Waals surface area contributed by atoms with Gasteiger partial charge in [-0.25, -0.2) is 0 Å². The molecular weight excluding hydrogens is 672 g/mol. The molecule has 0 heterocycles. The number of aromatic hydroxyl groups is 1. The van der Waals surface area contributed by atoms with E-state index in [0.29, 0.717) is 34.5 Å². The van der Waals surface area contributed by atoms with Gasteiger partial charge in [0.2, 0.25) is 0 Å². The molecule has 0 aliphatic rings. The van der Waals surface area contributed by atoms with Crippen LogP contribution in [0.4, 0.5) is 11.4 Å². The molecule has 6 rings (SSSR count). The highest BCUT2D eigenvalue weighted by molar-refractivity contribution is 9.10. The summed E-state index contributed by atoms with van der Waals surface area (Å²) in [5.74, 6) is 1.25. The Labute approximate surface area is 288 Å². The summed E-state index contributed by atoms with van der Waals surface area (Å²) in [6.45, 7) is 0. The van der Waals surface area contributed by atoms with Crippen molar-refractivity contribution in [2.24, 2.45) is 0 Å². The number of rotatable bonds is 7. The van der Waals surface area contributed by atoms with Crippen LogP contribution in [0, 0.1) is 0 Å². The Morgan fingerprint density at radius 3 is 1.35 bits per heavy atom. The summed E-state index contributed by atoms with van der Waals surface area (Å²) in [4.78, 5) is 37.0. The molecule has 0 aliphatic carbocycles. The van der Waals surface area contributed by atoms with Gasteiger partial charge in [-0.15, -0.1) is 0 Å². The van der Waals surface area contributed by atoms with Crippen molar-refractivity contribution in [2.45, 2.75) is 0 Å². The van der Waals surface area contributed by atoms with E-state index in [-0.39, 0.29) is 5.75 Å². The van der Waals surface area contributed by atoms with Crippen molar-refractivity contribution in [1.29, 1.82) is 0 Å². The number of phenolic OH excluding ortho intramolecular Hbond substituents is 1. The van der Waals surface area contributed by atoms with Crippen molar-refractivity contribution in [3.05, 3.63) is 112 Å². The summed E-state index contributed by atoms with van der Waals surface area (Å²) in [6.07, 6.45) is 2.36. The van der Waals surface area contributed by atoms with Gasteiger partial charge in [0.1, 0.15) is 17.2 Å². The average Bonchev–Trinajstić information content (AvgIpc) is 3.10. The Kier molecular flexibility index (Phi) is 11.8. The Morgan fingerprint density at radius 2 is 0.938 bits per heavy atom. The maximum absolute atomic E-state index is 11.1. The second-order valence-corrected chi connectivity index (χ2v) is 12.1. The van der Waals surface area contributed by atoms with Crippen LogP contribution in [-0.4, -0.2) is 66.4 Å². The Bertz CT molecular complexity index is 2110. The van der Waals surface area contributed by atoms with Gasteiger partial charge in [0, 0.05) is 44.0 Å². The number of hydrogen-bond donors (Lipinski definition) is 1. The number of halogens is 1. The highest BCUT2D eigenvalue weighted by Gasteiger charge is 2.10. The summed E-state index contributed by atoms with van der Waals surface area (Å²) < 4.78 is 11.3. The molecule has 0 unspecified atom stereocenters. The summed E-state index contributed by atoms with van der Waals surface area (Å²) in [6, 6.07) is 28.5. The highest BCUT2D eigenvalue weighted by atomic mass is 79.9. The smallest absolute Gasteiger partial charge is 0.154 e. The summed E-state index contributed by atoms with van der Waals surface area (Å²) in [7, 11) is 11.0. The topological polar surface area (TPSA) is 96.4 Å². The maximum atomic E-state index is 11.1. The lowest BCUT2D eigenvalue weighted by atomic mass is 10.0. The number of aldehydes is 3. The van der Waals surface area contributed by atoms with E-state index in [1.807, 2.05) is 111 Å². The summed E-state index contributed by atoms with van der Waals surface area (Å²) in [5.41, 5.74) is 3.73. The molecule has 0 fully saturated rings. The Morgan fingerprint density at radius 1 is 0.542 bits per heavy atom. The predicted octanol–water partition coefficient (Wildman–Crippen LogP) is 8.57. The Hall–Kier alpha value is -5.41. The van der Waals surface area contributed by atoms with E-state index in [0.717, 1.165) is 60.7 Å². The zero-order chi connectivity index (χ0) is 35.0. The molecule has 48 heavy (non-hydrogen) atoms. The first-order chi connectivity index (χ1) is 23.1. The van der Waals surface area contributed by atoms with E-state index in [4.69, 9.17) is 9.47 Å². The fourth-order valence-electron chi connectivity index (χ4n) is 5.24. The SMILES string of the molecule is CN(C)c1ccc2c(C=O)c(O)ccc2c1.COc1ccc2cc(Br)ccc2c1C=O.COc1ccc2cc(N(C)C)ccc2c1C=O. The van der Waals surface area contributed by atoms with E-state index in [9.17, 15) is 19.5 Å². The molecule has 0 spiro atoms. The quantitative estimate of drug-likeness (QED) is 0.165. The number of phenols is 1. The zero-order valence-electron chi connectivity index (χ0n) is 27.7. The molecule has 0 radical (unpaired) electrons. The van der Waals surface area contributed by atoms with Gasteiger partial charge in [0.05, 0.1) is 30.9 Å². The first-order valence-electron chi connectivity index (χ1n) is 14.9. The van der Waals surface area contributed by atoms with E-state index in [1.54, 1.807) is 26.4 Å². The van der Waals surface area contributed by atoms with Crippen molar-refractivity contribution < 1.29 is 29.0 Å². The van der Waals surface area contributed by atoms with Crippen LogP contribution in [-0.2, 0) is 0 Å². The molecule has 6 aromatic carbocycles. The number of anilines is 2. The number of hydrogen-bond acceptors (Lipinski definition) is 8. The Balaban J connectivity index is 0.000000163. The molecule has 8 nitrogen and oxygen atoms in total. The molecule has 0 amide bonds. The van der Waals surface area contributed by atoms with Crippen molar-refractivity contribution in [2.75, 3.05) is 52.2 Å². The van der Waals surface area contributed by atoms with Crippen molar-refractivity contribution >= 4 is 78.5 Å². The minimum Gasteiger partial charge on any atom is -0.507 e. The van der Waals surface area contributed by atoms with Crippen LogP contribution in [0.2, 0.25) is 0 Å². The molecular formula is C39H37BrN2O6. The number of methoxy groups -OCH3 is 2. The largest absolute Gasteiger partial charge is 0.507 e. The van der Waals surface area contributed by atoms with E-state index in [1.165, 1.54) is 0 Å². The normalized spacial score (nSPS) is 10.3. The van der Waals surface area contributed by atoms with Crippen molar-refractivity contribution in [3.63, 3.8) is 0 Å². The van der Waals surface area contributed by atoms with Crippen molar-refractivity contribution in [1.82, 2.24) is 0 Å². The summed E-state index contributed by atoms with van der Waals surface area (Å²) in [5, 5.41) is 15.2. The van der Waals surface area contributed by atoms with Gasteiger partial charge in [-0.1, -0.05) is 52.3 Å². The minimum atomic E-state index is 0.0279. The molecule has 0 atom stereocenters. The lowest BCUT2D eigenvalue weighted by Crippen LogP contribution is -2.08.